The molecule has 0 aromatic carbocycles. The molecule has 8 nitrogen and oxygen atoms in total. The topological polar surface area (TPSA) is 90.0 Å². The van der Waals surface area contributed by atoms with E-state index in [1.54, 1.807) is 24.5 Å². The van der Waals surface area contributed by atoms with Gasteiger partial charge in [-0.15, -0.1) is 5.10 Å². The molecule has 1 unspecified atom stereocenters. The van der Waals surface area contributed by atoms with Crippen LogP contribution in [0.15, 0.2) is 30.7 Å². The summed E-state index contributed by atoms with van der Waals surface area (Å²) in [4.78, 5) is 12.1. The van der Waals surface area contributed by atoms with E-state index >= 15 is 0 Å². The summed E-state index contributed by atoms with van der Waals surface area (Å²) in [6.45, 7) is 4.47. The molecule has 3 heterocycles. The Morgan fingerprint density at radius 3 is 3.00 bits per heavy atom. The number of carbonyl (C=O) groups excluding carboxylic acids is 1. The zero-order chi connectivity index (χ0) is 14.8. The minimum Gasteiger partial charge on any atom is -0.350 e. The lowest BCUT2D eigenvalue weighted by molar-refractivity contribution is 0.0947. The number of amides is 1. The molecule has 3 rings (SSSR count). The minimum absolute atomic E-state index is 0.0828. The van der Waals surface area contributed by atoms with Crippen LogP contribution in [0.1, 0.15) is 28.9 Å². The second-order valence-corrected chi connectivity index (χ2v) is 4.96. The van der Waals surface area contributed by atoms with Gasteiger partial charge in [-0.3, -0.25) is 9.48 Å². The van der Waals surface area contributed by atoms with Gasteiger partial charge in [0.15, 0.2) is 5.65 Å². The van der Waals surface area contributed by atoms with E-state index in [1.807, 2.05) is 24.7 Å². The van der Waals surface area contributed by atoms with E-state index in [9.17, 15) is 4.79 Å². The Labute approximate surface area is 120 Å². The van der Waals surface area contributed by atoms with Gasteiger partial charge >= 0.3 is 0 Å². The first-order chi connectivity index (χ1) is 10.1. The molecule has 0 radical (unpaired) electrons. The van der Waals surface area contributed by atoms with Crippen LogP contribution < -0.4 is 5.32 Å². The zero-order valence-corrected chi connectivity index (χ0v) is 11.8. The monoisotopic (exact) mass is 285 g/mol. The Kier molecular flexibility index (Phi) is 3.35. The standard InChI is InChI=1S/C13H15N7O/c1-9-5-15-19(7-9)10(2)6-14-13(21)11-3-4-12-16-17-18-20(12)8-11/h3-5,7-8,10H,6H2,1-2H3,(H,14,21). The Hall–Kier alpha value is -2.77. The van der Waals surface area contributed by atoms with Gasteiger partial charge in [-0.05, 0) is 42.0 Å². The molecule has 0 aliphatic carbocycles. The number of pyridine rings is 1. The third kappa shape index (κ3) is 2.73. The Balaban J connectivity index is 1.65. The van der Waals surface area contributed by atoms with Crippen LogP contribution in [-0.4, -0.2) is 42.3 Å². The Morgan fingerprint density at radius 1 is 1.38 bits per heavy atom. The number of fused-ring (bicyclic) bond motifs is 1. The van der Waals surface area contributed by atoms with Crippen molar-refractivity contribution in [2.24, 2.45) is 0 Å². The molecular weight excluding hydrogens is 270 g/mol. The zero-order valence-electron chi connectivity index (χ0n) is 11.8. The predicted octanol–water partition coefficient (Wildman–Crippen LogP) is 0.620. The number of nitrogens with zero attached hydrogens (tertiary/aromatic N) is 6. The van der Waals surface area contributed by atoms with Crippen molar-refractivity contribution in [2.45, 2.75) is 19.9 Å². The molecule has 1 amide bonds. The molecule has 3 aromatic heterocycles. The predicted molar refractivity (Wildman–Crippen MR) is 74.8 cm³/mol. The summed E-state index contributed by atoms with van der Waals surface area (Å²) < 4.78 is 3.30. The van der Waals surface area contributed by atoms with Gasteiger partial charge < -0.3 is 5.32 Å². The summed E-state index contributed by atoms with van der Waals surface area (Å²) in [5.41, 5.74) is 2.21. The third-order valence-electron chi connectivity index (χ3n) is 3.19. The summed E-state index contributed by atoms with van der Waals surface area (Å²) in [6, 6.07) is 3.48. The average Bonchev–Trinajstić information content (AvgIpc) is 3.12. The van der Waals surface area contributed by atoms with E-state index < -0.39 is 0 Å². The Morgan fingerprint density at radius 2 is 2.24 bits per heavy atom. The van der Waals surface area contributed by atoms with Crippen LogP contribution in [0, 0.1) is 6.92 Å². The molecule has 0 fully saturated rings. The second-order valence-electron chi connectivity index (χ2n) is 4.96. The van der Waals surface area contributed by atoms with Gasteiger partial charge in [-0.25, -0.2) is 0 Å². The number of carbonyl (C=O) groups is 1. The van der Waals surface area contributed by atoms with Crippen molar-refractivity contribution in [3.05, 3.63) is 41.9 Å². The van der Waals surface area contributed by atoms with Crippen molar-refractivity contribution in [1.29, 1.82) is 0 Å². The van der Waals surface area contributed by atoms with Crippen LogP contribution in [0.25, 0.3) is 5.65 Å². The van der Waals surface area contributed by atoms with E-state index in [-0.39, 0.29) is 11.9 Å². The highest BCUT2D eigenvalue weighted by atomic mass is 16.1. The van der Waals surface area contributed by atoms with E-state index in [0.29, 0.717) is 17.8 Å². The van der Waals surface area contributed by atoms with Gasteiger partial charge in [0.05, 0.1) is 17.8 Å². The summed E-state index contributed by atoms with van der Waals surface area (Å²) in [5.74, 6) is -0.164. The van der Waals surface area contributed by atoms with E-state index in [4.69, 9.17) is 0 Å². The van der Waals surface area contributed by atoms with Crippen molar-refractivity contribution >= 4 is 11.6 Å². The van der Waals surface area contributed by atoms with Crippen molar-refractivity contribution in [3.63, 3.8) is 0 Å². The van der Waals surface area contributed by atoms with Gasteiger partial charge in [0.2, 0.25) is 0 Å². The molecule has 8 heteroatoms. The normalized spacial score (nSPS) is 12.5. The van der Waals surface area contributed by atoms with Crippen LogP contribution in [0.3, 0.4) is 0 Å². The molecule has 0 spiro atoms. The van der Waals surface area contributed by atoms with E-state index in [2.05, 4.69) is 25.9 Å². The maximum Gasteiger partial charge on any atom is 0.252 e. The van der Waals surface area contributed by atoms with Crippen molar-refractivity contribution in [2.75, 3.05) is 6.54 Å². The molecule has 1 atom stereocenters. The smallest absolute Gasteiger partial charge is 0.252 e. The van der Waals surface area contributed by atoms with Crippen LogP contribution in [0.2, 0.25) is 0 Å². The summed E-state index contributed by atoms with van der Waals surface area (Å²) in [5, 5.41) is 18.2. The van der Waals surface area contributed by atoms with Crippen LogP contribution in [0.4, 0.5) is 0 Å². The molecular formula is C13H15N7O. The molecule has 0 aliphatic heterocycles. The summed E-state index contributed by atoms with van der Waals surface area (Å²) in [6.07, 6.45) is 5.35. The molecule has 0 bridgehead atoms. The first-order valence-corrected chi connectivity index (χ1v) is 6.60. The van der Waals surface area contributed by atoms with Gasteiger partial charge in [0.25, 0.3) is 5.91 Å². The number of tetrazole rings is 1. The Bertz CT molecular complexity index is 776. The van der Waals surface area contributed by atoms with E-state index in [0.717, 1.165) is 5.56 Å². The second kappa shape index (κ2) is 5.31. The first kappa shape index (κ1) is 13.2. The number of aromatic nitrogens is 6. The first-order valence-electron chi connectivity index (χ1n) is 6.60. The number of hydrogen-bond acceptors (Lipinski definition) is 5. The van der Waals surface area contributed by atoms with Gasteiger partial charge in [-0.2, -0.15) is 9.61 Å². The molecule has 0 saturated carbocycles. The lowest BCUT2D eigenvalue weighted by Gasteiger charge is -2.13. The molecule has 0 aliphatic rings. The van der Waals surface area contributed by atoms with Crippen LogP contribution in [0.5, 0.6) is 0 Å². The van der Waals surface area contributed by atoms with Crippen LogP contribution >= 0.6 is 0 Å². The fourth-order valence-electron chi connectivity index (χ4n) is 1.99. The van der Waals surface area contributed by atoms with E-state index in [1.165, 1.54) is 4.52 Å². The fourth-order valence-corrected chi connectivity index (χ4v) is 1.99. The number of nitrogens with one attached hydrogen (secondary N) is 1. The van der Waals surface area contributed by atoms with Crippen LogP contribution in [-0.2, 0) is 0 Å². The quantitative estimate of drug-likeness (QED) is 0.759. The molecule has 1 N–H and O–H groups in total. The minimum atomic E-state index is -0.164. The fraction of sp³-hybridized carbons (Fsp3) is 0.308. The number of hydrogen-bond donors (Lipinski definition) is 1. The molecule has 108 valence electrons. The largest absolute Gasteiger partial charge is 0.350 e. The maximum atomic E-state index is 12.1. The molecule has 0 saturated heterocycles. The van der Waals surface area contributed by atoms with Gasteiger partial charge in [-0.1, -0.05) is 0 Å². The van der Waals surface area contributed by atoms with Crippen molar-refractivity contribution in [1.82, 2.24) is 35.1 Å². The maximum absolute atomic E-state index is 12.1. The van der Waals surface area contributed by atoms with Crippen molar-refractivity contribution < 1.29 is 4.79 Å². The average molecular weight is 285 g/mol. The number of rotatable bonds is 4. The highest BCUT2D eigenvalue weighted by molar-refractivity contribution is 5.94. The highest BCUT2D eigenvalue weighted by Gasteiger charge is 2.11. The molecule has 3 aromatic rings. The highest BCUT2D eigenvalue weighted by Crippen LogP contribution is 2.06. The third-order valence-corrected chi connectivity index (χ3v) is 3.19. The lowest BCUT2D eigenvalue weighted by atomic mass is 10.2. The van der Waals surface area contributed by atoms with Gasteiger partial charge in [0, 0.05) is 18.9 Å². The lowest BCUT2D eigenvalue weighted by Crippen LogP contribution is -2.30. The summed E-state index contributed by atoms with van der Waals surface area (Å²) in [7, 11) is 0. The van der Waals surface area contributed by atoms with Crippen molar-refractivity contribution in [3.8, 4) is 0 Å². The number of aryl methyl sites for hydroxylation is 1. The molecule has 21 heavy (non-hydrogen) atoms. The van der Waals surface area contributed by atoms with Gasteiger partial charge in [0.1, 0.15) is 0 Å². The summed E-state index contributed by atoms with van der Waals surface area (Å²) >= 11 is 0. The SMILES string of the molecule is Cc1cnn(C(C)CNC(=O)c2ccc3nnnn3c2)c1.